The first-order valence-corrected chi connectivity index (χ1v) is 49.7. The van der Waals surface area contributed by atoms with E-state index in [2.05, 4.69) is 27.1 Å². The highest BCUT2D eigenvalue weighted by atomic mass is 35.5. The second kappa shape index (κ2) is 53.1. The number of halogens is 5. The molecule has 1 amide bonds. The van der Waals surface area contributed by atoms with Crippen molar-refractivity contribution in [2.45, 2.75) is 115 Å². The van der Waals surface area contributed by atoms with Crippen molar-refractivity contribution in [3.63, 3.8) is 0 Å². The topological polar surface area (TPSA) is 314 Å². The van der Waals surface area contributed by atoms with Crippen LogP contribution in [0, 0.1) is 11.8 Å². The largest absolute Gasteiger partial charge is 0.523 e. The molecule has 0 unspecified atom stereocenters. The first kappa shape index (κ1) is 103. The highest BCUT2D eigenvalue weighted by Crippen LogP contribution is 2.52. The number of allylic oxidation sites excluding steroid dienone is 1. The molecule has 7 aromatic rings. The number of hydrogen-bond acceptors (Lipinski definition) is 23. The molecule has 2 saturated heterocycles. The number of ether oxygens (including phenoxy) is 4. The molecule has 10 rings (SSSR count). The molecule has 658 valence electrons. The van der Waals surface area contributed by atoms with Crippen LogP contribution in [0.25, 0.3) is 0 Å². The van der Waals surface area contributed by atoms with E-state index in [-0.39, 0.29) is 114 Å². The van der Waals surface area contributed by atoms with Crippen LogP contribution in [-0.2, 0) is 124 Å². The van der Waals surface area contributed by atoms with E-state index in [1.165, 1.54) is 23.5 Å². The van der Waals surface area contributed by atoms with Gasteiger partial charge in [0.15, 0.2) is 6.29 Å². The molecule has 3 heterocycles. The molecular weight excluding hydrogens is 1710 g/mol. The third kappa shape index (κ3) is 39.0. The summed E-state index contributed by atoms with van der Waals surface area (Å²) in [4.78, 5) is 15.5. The molecule has 0 saturated carbocycles. The molecule has 2 fully saturated rings. The van der Waals surface area contributed by atoms with Gasteiger partial charge in [0.1, 0.15) is 11.9 Å². The number of hydrogen-bond donors (Lipinski definition) is 3. The van der Waals surface area contributed by atoms with Crippen molar-refractivity contribution < 1.29 is 114 Å². The molecular formula is C83H112Cl2F3N3O22P4S2. The Balaban J connectivity index is 0.000000294. The van der Waals surface area contributed by atoms with Crippen molar-refractivity contribution in [1.82, 2.24) is 14.5 Å². The molecule has 3 aliphatic rings. The number of rotatable bonds is 41. The van der Waals surface area contributed by atoms with Gasteiger partial charge in [-0.1, -0.05) is 221 Å². The number of nitrogens with zero attached hydrogens (tertiary/aromatic N) is 2. The number of benzene rings is 7. The summed E-state index contributed by atoms with van der Waals surface area (Å²) in [6.45, 7) is 13.4. The van der Waals surface area contributed by atoms with E-state index in [0.717, 1.165) is 53.8 Å². The van der Waals surface area contributed by atoms with Crippen LogP contribution in [0.15, 0.2) is 235 Å². The van der Waals surface area contributed by atoms with Crippen LogP contribution in [0.3, 0.4) is 0 Å². The molecule has 3 aliphatic heterocycles. The van der Waals surface area contributed by atoms with Crippen LogP contribution in [0.1, 0.15) is 73.9 Å². The van der Waals surface area contributed by atoms with Gasteiger partial charge in [-0.3, -0.25) is 22.8 Å². The van der Waals surface area contributed by atoms with Crippen LogP contribution < -0.4 is 10.1 Å². The predicted octanol–water partition coefficient (Wildman–Crippen LogP) is 18.1. The maximum absolute atomic E-state index is 13.7. The van der Waals surface area contributed by atoms with Crippen molar-refractivity contribution in [3.05, 3.63) is 264 Å². The quantitative estimate of drug-likeness (QED) is 0.0105. The average Bonchev–Trinajstić information content (AvgIpc) is 1.44. The fourth-order valence-electron chi connectivity index (χ4n) is 11.4. The third-order valence-electron chi connectivity index (χ3n) is 17.7. The fraction of sp³-hybridized carbons (Fsp3) is 0.434. The van der Waals surface area contributed by atoms with Crippen molar-refractivity contribution in [2.24, 2.45) is 11.8 Å². The average molecular weight is 1820 g/mol. The number of sulfonamides is 1. The number of alkyl halides is 5. The minimum absolute atomic E-state index is 0. The number of carbonyl (C=O) groups excluding carboxylic acids is 1. The van der Waals surface area contributed by atoms with E-state index in [1.807, 2.05) is 135 Å². The van der Waals surface area contributed by atoms with Gasteiger partial charge in [0, 0.05) is 38.9 Å². The molecule has 0 bridgehead atoms. The second-order valence-electron chi connectivity index (χ2n) is 27.9. The van der Waals surface area contributed by atoms with Gasteiger partial charge in [0.2, 0.25) is 10.0 Å². The van der Waals surface area contributed by atoms with Crippen LogP contribution in [-0.4, -0.2) is 182 Å². The number of amides is 1. The Bertz CT molecular complexity index is 4390. The zero-order chi connectivity index (χ0) is 86.1. The molecule has 5 atom stereocenters. The number of carbonyl (C=O) groups is 1. The Morgan fingerprint density at radius 2 is 1.07 bits per heavy atom. The fourth-order valence-corrected chi connectivity index (χ4v) is 18.3. The maximum atomic E-state index is 13.7. The van der Waals surface area contributed by atoms with E-state index >= 15 is 0 Å². The number of nitrogens with one attached hydrogen (secondary N) is 1. The molecule has 0 spiro atoms. The van der Waals surface area contributed by atoms with Gasteiger partial charge in [-0.2, -0.15) is 25.9 Å². The summed E-state index contributed by atoms with van der Waals surface area (Å²) >= 11 is 9.53. The summed E-state index contributed by atoms with van der Waals surface area (Å²) in [6, 6.07) is 60.8. The lowest BCUT2D eigenvalue weighted by atomic mass is 9.96. The van der Waals surface area contributed by atoms with Crippen molar-refractivity contribution in [1.29, 1.82) is 0 Å². The molecule has 119 heavy (non-hydrogen) atoms. The SMILES string of the molecule is C.C=CCP(=O)(OCc1ccccc1)OCc1ccccc1.COc1ccc(S(=O)(=O)N(CC(C)C)C[C@@H](O)[C@H](CC2=CCN(CCP(C)(C)=O)CC2)NC(=O)O[C@H]2CO[C@H]3OCC[C@H]32)cc1.ClCCl.O=P(CCO)(OCc1ccccc1)OCc1ccccc1.O=P(CCOS(=O)(=O)C(F)(F)F)(OCc1ccccc1)OCc1ccccc1. The lowest BCUT2D eigenvalue weighted by Gasteiger charge is -2.33. The summed E-state index contributed by atoms with van der Waals surface area (Å²) < 4.78 is 197. The van der Waals surface area contributed by atoms with E-state index in [1.54, 1.807) is 92.2 Å². The molecule has 25 nitrogen and oxygen atoms in total. The van der Waals surface area contributed by atoms with Crippen molar-refractivity contribution in [2.75, 3.05) is 110 Å². The third-order valence-corrected chi connectivity index (χ3v) is 27.2. The van der Waals surface area contributed by atoms with Crippen LogP contribution in [0.4, 0.5) is 18.0 Å². The molecule has 0 radical (unpaired) electrons. The first-order chi connectivity index (χ1) is 56.2. The highest BCUT2D eigenvalue weighted by Gasteiger charge is 2.48. The van der Waals surface area contributed by atoms with Gasteiger partial charge in [-0.25, -0.2) is 13.2 Å². The second-order valence-corrected chi connectivity index (χ2v) is 42.4. The zero-order valence-corrected chi connectivity index (χ0v) is 73.4. The van der Waals surface area contributed by atoms with Crippen molar-refractivity contribution >= 4 is 79.4 Å². The standard InChI is InChI=1S/C31H50N3O9PS.C17H18F3O6PS.C17H19O3P.C16H19O4P.CH2Cl2.CH4/c1-22(2)19-34(45(38,39)25-8-6-24(40-3)7-9-25)20-28(35)27(18-23-10-13-33(14-11-23)15-17-44(4,5)37)32-31(36)43-29-21-42-30-26(29)12-16-41-30;18-17(19,20)28(22,23)26-11-12-27(21,24-13-15-7-3-1-4-8-15)25-14-16-9-5-2-6-10-16;1-2-13-21(18,19-14-16-9-5-3-6-10-16)20-15-17-11-7-4-8-12-17;17-11-12-21(18,19-13-15-7-3-1-4-8-15)20-14-16-9-5-2-6-10-16;2-1-3;/h6-10,22,26-30,35H,11-21H2,1-5H3,(H,32,36);1-10H,11-14H2;2-12H,1,13-15H2;1-10,17H,11-14H2;1H2;1H4/t26-,27-,28+,29-,30+;;;;;/m0...../s1. The summed E-state index contributed by atoms with van der Waals surface area (Å²) in [5.41, 5.74) is 0.568. The van der Waals surface area contributed by atoms with Gasteiger partial charge in [-0.15, -0.1) is 29.8 Å². The maximum Gasteiger partial charge on any atom is 0.523 e. The van der Waals surface area contributed by atoms with Gasteiger partial charge in [-0.05, 0) is 96.2 Å². The molecule has 7 aromatic carbocycles. The van der Waals surface area contributed by atoms with Crippen molar-refractivity contribution in [3.8, 4) is 5.75 Å². The van der Waals surface area contributed by atoms with Gasteiger partial charge in [0.25, 0.3) is 0 Å². The highest BCUT2D eigenvalue weighted by molar-refractivity contribution is 7.89. The van der Waals surface area contributed by atoms with E-state index in [0.29, 0.717) is 42.6 Å². The molecule has 3 N–H and O–H groups in total. The number of aliphatic hydroxyl groups is 2. The lowest BCUT2D eigenvalue weighted by molar-refractivity contribution is -0.0907. The summed E-state index contributed by atoms with van der Waals surface area (Å²) in [6.07, 6.45) is 2.86. The predicted molar refractivity (Wildman–Crippen MR) is 458 cm³/mol. The summed E-state index contributed by atoms with van der Waals surface area (Å²) in [5.74, 6) is 0.482. The number of alkyl carbamates (subject to hydrolysis) is 1. The Morgan fingerprint density at radius 1 is 0.647 bits per heavy atom. The Kier molecular flexibility index (Phi) is 46.1. The Labute approximate surface area is 709 Å². The zero-order valence-electron chi connectivity index (χ0n) is 66.7. The number of methoxy groups -OCH3 is 1. The molecule has 0 aliphatic carbocycles. The number of fused-ring (bicyclic) bond motifs is 1. The Morgan fingerprint density at radius 3 is 1.44 bits per heavy atom. The molecule has 36 heteroatoms. The lowest BCUT2D eigenvalue weighted by Crippen LogP contribution is -2.51. The van der Waals surface area contributed by atoms with E-state index in [4.69, 9.17) is 74.4 Å². The Hall–Kier alpha value is -6.24. The van der Waals surface area contributed by atoms with Crippen LogP contribution >= 0.6 is 53.1 Å². The van der Waals surface area contributed by atoms with E-state index in [9.17, 15) is 58.2 Å². The smallest absolute Gasteiger partial charge is 0.497 e. The summed E-state index contributed by atoms with van der Waals surface area (Å²) in [7, 11) is -20.8. The first-order valence-electron chi connectivity index (χ1n) is 37.9. The van der Waals surface area contributed by atoms with Gasteiger partial charge in [0.05, 0.1) is 127 Å². The van der Waals surface area contributed by atoms with E-state index < -0.39 is 92.7 Å². The molecule has 0 aromatic heterocycles. The van der Waals surface area contributed by atoms with Crippen LogP contribution in [0.2, 0.25) is 0 Å². The monoisotopic (exact) mass is 1820 g/mol. The van der Waals surface area contributed by atoms with Gasteiger partial charge < -0.3 is 66.2 Å². The normalized spacial score (nSPS) is 16.2. The minimum Gasteiger partial charge on any atom is -0.497 e. The summed E-state index contributed by atoms with van der Waals surface area (Å²) in [5, 5.41) is 23.7. The number of aliphatic hydroxyl groups excluding tert-OH is 2. The minimum atomic E-state index is -5.79. The van der Waals surface area contributed by atoms with Gasteiger partial charge >= 0.3 is 44.5 Å². The van der Waals surface area contributed by atoms with Crippen LogP contribution in [0.5, 0.6) is 5.75 Å².